The number of likely N-dealkylation sites (tertiary alicyclic amines) is 1. The predicted octanol–water partition coefficient (Wildman–Crippen LogP) is 1.46. The lowest BCUT2D eigenvalue weighted by Crippen LogP contribution is -2.65. The molecule has 0 spiro atoms. The number of carbonyl (C=O) groups is 3. The maximum Gasteiger partial charge on any atom is 0.409 e. The van der Waals surface area contributed by atoms with Crippen LogP contribution < -0.4 is 16.0 Å². The molecule has 0 radical (unpaired) electrons. The SMILES string of the molecule is CCOC(=O)N1CCC(NC(=O)C2(NC(=O)CO/N=C(/C)c3cccs3)CCNCC2)CC1. The van der Waals surface area contributed by atoms with Crippen LogP contribution in [-0.2, 0) is 19.2 Å². The maximum atomic E-state index is 13.3. The second kappa shape index (κ2) is 12.0. The number of hydrogen-bond acceptors (Lipinski definition) is 8. The second-order valence-electron chi connectivity index (χ2n) is 8.24. The van der Waals surface area contributed by atoms with Crippen LogP contribution in [0.2, 0.25) is 0 Å². The highest BCUT2D eigenvalue weighted by molar-refractivity contribution is 7.12. The summed E-state index contributed by atoms with van der Waals surface area (Å²) >= 11 is 1.54. The fourth-order valence-corrected chi connectivity index (χ4v) is 4.70. The quantitative estimate of drug-likeness (QED) is 0.383. The summed E-state index contributed by atoms with van der Waals surface area (Å²) in [6, 6.07) is 3.80. The van der Waals surface area contributed by atoms with E-state index >= 15 is 0 Å². The molecule has 0 bridgehead atoms. The van der Waals surface area contributed by atoms with Gasteiger partial charge in [0.2, 0.25) is 5.91 Å². The van der Waals surface area contributed by atoms with E-state index in [0.29, 0.717) is 64.2 Å². The van der Waals surface area contributed by atoms with Gasteiger partial charge in [0.15, 0.2) is 6.61 Å². The minimum Gasteiger partial charge on any atom is -0.450 e. The molecule has 2 aliphatic rings. The third-order valence-electron chi connectivity index (χ3n) is 5.90. The van der Waals surface area contributed by atoms with Gasteiger partial charge in [-0.2, -0.15) is 0 Å². The van der Waals surface area contributed by atoms with E-state index in [0.717, 1.165) is 4.88 Å². The summed E-state index contributed by atoms with van der Waals surface area (Å²) in [6.07, 6.45) is 1.95. The van der Waals surface area contributed by atoms with Gasteiger partial charge in [0, 0.05) is 19.1 Å². The Morgan fingerprint density at radius 2 is 2.00 bits per heavy atom. The van der Waals surface area contributed by atoms with Crippen molar-refractivity contribution in [2.24, 2.45) is 5.16 Å². The average molecular weight is 480 g/mol. The summed E-state index contributed by atoms with van der Waals surface area (Å²) in [5.41, 5.74) is -0.294. The van der Waals surface area contributed by atoms with E-state index < -0.39 is 5.54 Å². The molecule has 0 saturated carbocycles. The monoisotopic (exact) mass is 479 g/mol. The van der Waals surface area contributed by atoms with Gasteiger partial charge in [-0.05, 0) is 64.1 Å². The van der Waals surface area contributed by atoms with Crippen LogP contribution in [0, 0.1) is 0 Å². The first kappa shape index (κ1) is 25.0. The van der Waals surface area contributed by atoms with E-state index in [9.17, 15) is 14.4 Å². The highest BCUT2D eigenvalue weighted by Crippen LogP contribution is 2.21. The lowest BCUT2D eigenvalue weighted by atomic mass is 9.86. The first-order valence-electron chi connectivity index (χ1n) is 11.4. The van der Waals surface area contributed by atoms with Crippen molar-refractivity contribution in [1.29, 1.82) is 0 Å². The highest BCUT2D eigenvalue weighted by Gasteiger charge is 2.42. The zero-order chi connectivity index (χ0) is 23.7. The van der Waals surface area contributed by atoms with Crippen molar-refractivity contribution in [3.63, 3.8) is 0 Å². The second-order valence-corrected chi connectivity index (χ2v) is 9.19. The summed E-state index contributed by atoms with van der Waals surface area (Å²) in [5.74, 6) is -0.572. The highest BCUT2D eigenvalue weighted by atomic mass is 32.1. The van der Waals surface area contributed by atoms with Gasteiger partial charge in [-0.3, -0.25) is 9.59 Å². The van der Waals surface area contributed by atoms with Crippen LogP contribution in [-0.4, -0.2) is 79.5 Å². The van der Waals surface area contributed by atoms with Gasteiger partial charge in [-0.1, -0.05) is 11.2 Å². The number of oxime groups is 1. The van der Waals surface area contributed by atoms with Crippen molar-refractivity contribution in [1.82, 2.24) is 20.9 Å². The average Bonchev–Trinajstić information content (AvgIpc) is 3.35. The molecule has 3 N–H and O–H groups in total. The van der Waals surface area contributed by atoms with Gasteiger partial charge >= 0.3 is 6.09 Å². The Kier molecular flexibility index (Phi) is 9.07. The van der Waals surface area contributed by atoms with Gasteiger partial charge in [0.1, 0.15) is 5.54 Å². The molecule has 2 fully saturated rings. The summed E-state index contributed by atoms with van der Waals surface area (Å²) < 4.78 is 5.05. The van der Waals surface area contributed by atoms with Crippen molar-refractivity contribution in [2.75, 3.05) is 39.4 Å². The number of amides is 3. The van der Waals surface area contributed by atoms with Gasteiger partial charge < -0.3 is 30.4 Å². The number of piperidine rings is 2. The van der Waals surface area contributed by atoms with Crippen LogP contribution >= 0.6 is 11.3 Å². The smallest absolute Gasteiger partial charge is 0.409 e. The van der Waals surface area contributed by atoms with E-state index in [-0.39, 0.29) is 30.6 Å². The number of rotatable bonds is 8. The minimum atomic E-state index is -0.990. The number of ether oxygens (including phenoxy) is 1. The zero-order valence-electron chi connectivity index (χ0n) is 19.2. The Balaban J connectivity index is 1.52. The van der Waals surface area contributed by atoms with Crippen molar-refractivity contribution in [3.8, 4) is 0 Å². The Bertz CT molecular complexity index is 830. The Labute approximate surface area is 198 Å². The number of thiophene rings is 1. The topological polar surface area (TPSA) is 121 Å². The predicted molar refractivity (Wildman–Crippen MR) is 125 cm³/mol. The summed E-state index contributed by atoms with van der Waals surface area (Å²) in [4.78, 5) is 45.6. The summed E-state index contributed by atoms with van der Waals surface area (Å²) in [6.45, 7) is 5.99. The zero-order valence-corrected chi connectivity index (χ0v) is 20.0. The van der Waals surface area contributed by atoms with Crippen LogP contribution in [0.5, 0.6) is 0 Å². The molecule has 33 heavy (non-hydrogen) atoms. The number of nitrogens with one attached hydrogen (secondary N) is 3. The molecule has 2 saturated heterocycles. The first-order valence-corrected chi connectivity index (χ1v) is 12.3. The molecule has 0 atom stereocenters. The van der Waals surface area contributed by atoms with E-state index in [1.165, 1.54) is 0 Å². The Morgan fingerprint density at radius 1 is 1.27 bits per heavy atom. The van der Waals surface area contributed by atoms with Crippen LogP contribution in [0.4, 0.5) is 4.79 Å². The molecule has 3 amide bonds. The van der Waals surface area contributed by atoms with Crippen LogP contribution in [0.25, 0.3) is 0 Å². The molecule has 3 heterocycles. The van der Waals surface area contributed by atoms with E-state index in [1.54, 1.807) is 23.2 Å². The van der Waals surface area contributed by atoms with Gasteiger partial charge in [0.05, 0.1) is 17.2 Å². The first-order chi connectivity index (χ1) is 15.9. The molecule has 0 aliphatic carbocycles. The molecule has 0 aromatic carbocycles. The molecule has 182 valence electrons. The molecule has 0 unspecified atom stereocenters. The summed E-state index contributed by atoms with van der Waals surface area (Å²) in [5, 5.41) is 15.2. The number of carbonyl (C=O) groups excluding carboxylic acids is 3. The maximum absolute atomic E-state index is 13.3. The van der Waals surface area contributed by atoms with E-state index in [2.05, 4.69) is 21.1 Å². The molecule has 1 aromatic rings. The molecule has 2 aliphatic heterocycles. The fourth-order valence-electron chi connectivity index (χ4n) is 4.03. The molecular formula is C22H33N5O5S. The van der Waals surface area contributed by atoms with E-state index in [1.807, 2.05) is 24.4 Å². The lowest BCUT2D eigenvalue weighted by Gasteiger charge is -2.39. The molecular weight excluding hydrogens is 446 g/mol. The van der Waals surface area contributed by atoms with Crippen molar-refractivity contribution in [2.45, 2.75) is 51.1 Å². The third kappa shape index (κ3) is 6.91. The van der Waals surface area contributed by atoms with Gasteiger partial charge in [0.25, 0.3) is 5.91 Å². The van der Waals surface area contributed by atoms with Gasteiger partial charge in [-0.25, -0.2) is 4.79 Å². The van der Waals surface area contributed by atoms with Gasteiger partial charge in [-0.15, -0.1) is 11.3 Å². The molecule has 10 nitrogen and oxygen atoms in total. The third-order valence-corrected chi connectivity index (χ3v) is 6.88. The minimum absolute atomic E-state index is 0.0545. The van der Waals surface area contributed by atoms with Crippen LogP contribution in [0.1, 0.15) is 44.4 Å². The largest absolute Gasteiger partial charge is 0.450 e. The van der Waals surface area contributed by atoms with Crippen LogP contribution in [0.15, 0.2) is 22.7 Å². The molecule has 3 rings (SSSR count). The molecule has 1 aromatic heterocycles. The summed E-state index contributed by atoms with van der Waals surface area (Å²) in [7, 11) is 0. The van der Waals surface area contributed by atoms with Crippen molar-refractivity contribution >= 4 is 35.0 Å². The number of nitrogens with zero attached hydrogens (tertiary/aromatic N) is 2. The molecule has 11 heteroatoms. The fraction of sp³-hybridized carbons (Fsp3) is 0.636. The number of hydrogen-bond donors (Lipinski definition) is 3. The van der Waals surface area contributed by atoms with Crippen LogP contribution in [0.3, 0.4) is 0 Å². The van der Waals surface area contributed by atoms with Crippen molar-refractivity contribution in [3.05, 3.63) is 22.4 Å². The standard InChI is InChI=1S/C22H33N5O5S/c1-3-31-21(30)27-12-6-17(7-13-27)24-20(29)22(8-10-23-11-9-22)25-19(28)15-32-26-16(2)18-5-4-14-33-18/h4-5,14,17,23H,3,6-13,15H2,1-2H3,(H,24,29)(H,25,28)/b26-16-. The van der Waals surface area contributed by atoms with Crippen molar-refractivity contribution < 1.29 is 24.0 Å². The Morgan fingerprint density at radius 3 is 2.64 bits per heavy atom. The Hall–Kier alpha value is -2.66. The lowest BCUT2D eigenvalue weighted by molar-refractivity contribution is -0.137. The van der Waals surface area contributed by atoms with E-state index in [4.69, 9.17) is 9.57 Å². The normalized spacial score (nSPS) is 19.0.